The van der Waals surface area contributed by atoms with Crippen molar-refractivity contribution in [1.82, 2.24) is 5.32 Å². The van der Waals surface area contributed by atoms with E-state index in [2.05, 4.69) is 5.32 Å². The minimum atomic E-state index is -0.214. The number of carbonyl (C=O) groups excluding carboxylic acids is 1. The molecule has 1 amide bonds. The molecule has 0 saturated carbocycles. The molecule has 20 heavy (non-hydrogen) atoms. The van der Waals surface area contributed by atoms with Gasteiger partial charge in [0.05, 0.1) is 10.6 Å². The average Bonchev–Trinajstić information content (AvgIpc) is 2.76. The molecule has 1 aromatic rings. The zero-order valence-corrected chi connectivity index (χ0v) is 11.7. The van der Waals surface area contributed by atoms with Crippen LogP contribution in [0, 0.1) is 0 Å². The Balaban J connectivity index is 2.08. The highest BCUT2D eigenvalue weighted by molar-refractivity contribution is 8.04. The monoisotopic (exact) mass is 286 g/mol. The Morgan fingerprint density at radius 2 is 2.05 bits per heavy atom. The third kappa shape index (κ3) is 2.00. The maximum Gasteiger partial charge on any atom is 0.245 e. The van der Waals surface area contributed by atoms with Gasteiger partial charge in [0.25, 0.3) is 0 Å². The van der Waals surface area contributed by atoms with Gasteiger partial charge in [-0.3, -0.25) is 4.79 Å². The van der Waals surface area contributed by atoms with Crippen molar-refractivity contribution in [3.05, 3.63) is 63.7 Å². The first-order valence-electron chi connectivity index (χ1n) is 6.22. The lowest BCUT2D eigenvalue weighted by molar-refractivity contribution is -0.116. The van der Waals surface area contributed by atoms with Gasteiger partial charge in [0.1, 0.15) is 11.1 Å². The second kappa shape index (κ2) is 4.76. The van der Waals surface area contributed by atoms with Gasteiger partial charge in [-0.15, -0.1) is 0 Å². The standard InChI is InChI=1S/C15H14N2O2S/c1-8-7-10(18)17-15-11(8)12(16)14(20-15)13(19)9-5-3-2-4-6-9/h2-7,15,19H,16H2,1H3,(H,17,18). The highest BCUT2D eigenvalue weighted by Crippen LogP contribution is 2.45. The smallest absolute Gasteiger partial charge is 0.245 e. The first-order chi connectivity index (χ1) is 9.58. The van der Waals surface area contributed by atoms with Gasteiger partial charge in [-0.2, -0.15) is 0 Å². The van der Waals surface area contributed by atoms with Crippen LogP contribution < -0.4 is 11.1 Å². The number of aliphatic hydroxyl groups excluding tert-OH is 1. The Labute approximate surface area is 121 Å². The molecule has 4 nitrogen and oxygen atoms in total. The van der Waals surface area contributed by atoms with E-state index in [1.165, 1.54) is 17.8 Å². The number of rotatable bonds is 1. The average molecular weight is 286 g/mol. The Bertz CT molecular complexity index is 674. The van der Waals surface area contributed by atoms with Crippen LogP contribution in [0.4, 0.5) is 0 Å². The van der Waals surface area contributed by atoms with Crippen LogP contribution in [0.3, 0.4) is 0 Å². The molecule has 5 heteroatoms. The molecule has 0 aliphatic carbocycles. The van der Waals surface area contributed by atoms with Crippen molar-refractivity contribution >= 4 is 23.4 Å². The van der Waals surface area contributed by atoms with Crippen molar-refractivity contribution in [2.75, 3.05) is 0 Å². The Hall–Kier alpha value is -2.14. The lowest BCUT2D eigenvalue weighted by Crippen LogP contribution is -2.35. The highest BCUT2D eigenvalue weighted by atomic mass is 32.2. The van der Waals surface area contributed by atoms with E-state index < -0.39 is 0 Å². The first kappa shape index (κ1) is 12.9. The van der Waals surface area contributed by atoms with Gasteiger partial charge < -0.3 is 16.2 Å². The van der Waals surface area contributed by atoms with E-state index >= 15 is 0 Å². The lowest BCUT2D eigenvalue weighted by atomic mass is 10.0. The summed E-state index contributed by atoms with van der Waals surface area (Å²) in [6, 6.07) is 9.25. The molecule has 1 atom stereocenters. The van der Waals surface area contributed by atoms with Crippen LogP contribution >= 0.6 is 11.8 Å². The second-order valence-corrected chi connectivity index (χ2v) is 5.82. The van der Waals surface area contributed by atoms with Crippen LogP contribution in [0.1, 0.15) is 12.5 Å². The van der Waals surface area contributed by atoms with Crippen LogP contribution in [-0.4, -0.2) is 16.4 Å². The van der Waals surface area contributed by atoms with Crippen LogP contribution in [0.25, 0.3) is 5.76 Å². The molecular formula is C15H14N2O2S. The molecule has 0 fully saturated rings. The number of aliphatic hydroxyl groups is 1. The molecule has 0 radical (unpaired) electrons. The van der Waals surface area contributed by atoms with Gasteiger partial charge in [-0.25, -0.2) is 0 Å². The van der Waals surface area contributed by atoms with Crippen LogP contribution in [0.15, 0.2) is 58.2 Å². The number of carbonyl (C=O) groups is 1. The summed E-state index contributed by atoms with van der Waals surface area (Å²) in [5.74, 6) is 0.0223. The van der Waals surface area contributed by atoms with Crippen molar-refractivity contribution in [3.8, 4) is 0 Å². The number of thioether (sulfide) groups is 1. The molecule has 3 rings (SSSR count). The second-order valence-electron chi connectivity index (χ2n) is 4.70. The molecule has 4 N–H and O–H groups in total. The van der Waals surface area contributed by atoms with Crippen LogP contribution in [-0.2, 0) is 4.79 Å². The molecule has 2 heterocycles. The Morgan fingerprint density at radius 1 is 1.35 bits per heavy atom. The Morgan fingerprint density at radius 3 is 2.75 bits per heavy atom. The third-order valence-electron chi connectivity index (χ3n) is 3.34. The van der Waals surface area contributed by atoms with E-state index in [-0.39, 0.29) is 17.0 Å². The summed E-state index contributed by atoms with van der Waals surface area (Å²) in [6.45, 7) is 1.86. The van der Waals surface area contributed by atoms with Crippen molar-refractivity contribution in [2.45, 2.75) is 12.3 Å². The predicted octanol–water partition coefficient (Wildman–Crippen LogP) is 2.28. The number of nitrogens with one attached hydrogen (secondary N) is 1. The number of hydrogen-bond acceptors (Lipinski definition) is 4. The summed E-state index contributed by atoms with van der Waals surface area (Å²) < 4.78 is 0. The zero-order chi connectivity index (χ0) is 14.3. The minimum absolute atomic E-state index is 0.128. The summed E-state index contributed by atoms with van der Waals surface area (Å²) >= 11 is 1.37. The molecule has 2 aliphatic heterocycles. The van der Waals surface area contributed by atoms with Gasteiger partial charge in [0.15, 0.2) is 0 Å². The van der Waals surface area contributed by atoms with Crippen molar-refractivity contribution < 1.29 is 9.90 Å². The molecular weight excluding hydrogens is 272 g/mol. The summed E-state index contributed by atoms with van der Waals surface area (Å²) in [7, 11) is 0. The van der Waals surface area contributed by atoms with E-state index in [4.69, 9.17) is 5.73 Å². The molecule has 0 aromatic heterocycles. The normalized spacial score (nSPS) is 24.1. The van der Waals surface area contributed by atoms with Gasteiger partial charge in [-0.05, 0) is 12.5 Å². The van der Waals surface area contributed by atoms with Gasteiger partial charge >= 0.3 is 0 Å². The molecule has 1 unspecified atom stereocenters. The molecule has 0 saturated heterocycles. The quantitative estimate of drug-likeness (QED) is 0.692. The van der Waals surface area contributed by atoms with Crippen LogP contribution in [0.5, 0.6) is 0 Å². The Kier molecular flexibility index (Phi) is 3.06. The fourth-order valence-electron chi connectivity index (χ4n) is 2.38. The topological polar surface area (TPSA) is 75.3 Å². The van der Waals surface area contributed by atoms with Crippen molar-refractivity contribution in [1.29, 1.82) is 0 Å². The van der Waals surface area contributed by atoms with Gasteiger partial charge in [0.2, 0.25) is 5.91 Å². The van der Waals surface area contributed by atoms with Crippen molar-refractivity contribution in [3.63, 3.8) is 0 Å². The maximum atomic E-state index is 11.5. The highest BCUT2D eigenvalue weighted by Gasteiger charge is 2.35. The van der Waals surface area contributed by atoms with E-state index in [0.717, 1.165) is 11.1 Å². The van der Waals surface area contributed by atoms with Crippen molar-refractivity contribution in [2.24, 2.45) is 5.73 Å². The fourth-order valence-corrected chi connectivity index (χ4v) is 3.69. The molecule has 2 aliphatic rings. The SMILES string of the molecule is CC1=CC(=O)NC2SC(=C(O)c3ccccc3)C(N)=C12. The number of hydrogen-bond donors (Lipinski definition) is 3. The summed E-state index contributed by atoms with van der Waals surface area (Å²) in [5, 5.41) is 13.0. The predicted molar refractivity (Wildman–Crippen MR) is 80.5 cm³/mol. The minimum Gasteiger partial charge on any atom is -0.506 e. The van der Waals surface area contributed by atoms with Crippen LogP contribution in [0.2, 0.25) is 0 Å². The molecule has 102 valence electrons. The van der Waals surface area contributed by atoms with E-state index in [0.29, 0.717) is 16.2 Å². The van der Waals surface area contributed by atoms with E-state index in [9.17, 15) is 9.90 Å². The first-order valence-corrected chi connectivity index (χ1v) is 7.10. The molecule has 1 aromatic carbocycles. The lowest BCUT2D eigenvalue weighted by Gasteiger charge is -2.20. The van der Waals surface area contributed by atoms with E-state index in [1.807, 2.05) is 37.3 Å². The zero-order valence-electron chi connectivity index (χ0n) is 10.9. The van der Waals surface area contributed by atoms with E-state index in [1.54, 1.807) is 0 Å². The number of benzene rings is 1. The summed E-state index contributed by atoms with van der Waals surface area (Å²) in [4.78, 5) is 12.1. The number of amides is 1. The summed E-state index contributed by atoms with van der Waals surface area (Å²) in [6.07, 6.45) is 1.53. The largest absolute Gasteiger partial charge is 0.506 e. The maximum absolute atomic E-state index is 11.5. The molecule has 0 bridgehead atoms. The summed E-state index contributed by atoms with van der Waals surface area (Å²) in [5.41, 5.74) is 9.14. The third-order valence-corrected chi connectivity index (χ3v) is 4.58. The number of fused-ring (bicyclic) bond motifs is 1. The molecule has 0 spiro atoms. The fraction of sp³-hybridized carbons (Fsp3) is 0.133. The van der Waals surface area contributed by atoms with Gasteiger partial charge in [-0.1, -0.05) is 42.1 Å². The van der Waals surface area contributed by atoms with Gasteiger partial charge in [0, 0.05) is 17.2 Å². The number of nitrogens with two attached hydrogens (primary N) is 1.